The summed E-state index contributed by atoms with van der Waals surface area (Å²) in [5.74, 6) is 0.806. The van der Waals surface area contributed by atoms with Crippen LogP contribution in [-0.2, 0) is 14.0 Å². The Balaban J connectivity index is 1.53. The molecule has 2 aliphatic rings. The second-order valence-electron chi connectivity index (χ2n) is 9.31. The third kappa shape index (κ3) is 3.83. The number of carbonyl (C=O) groups excluding carboxylic acids is 1. The number of hydrogen-bond donors (Lipinski definition) is 1. The van der Waals surface area contributed by atoms with Gasteiger partial charge in [0.25, 0.3) is 0 Å². The molecule has 1 amide bonds. The molecular formula is C22H32BN3O4. The number of carbonyl (C=O) groups is 1. The zero-order chi connectivity index (χ0) is 21.5. The van der Waals surface area contributed by atoms with E-state index in [1.807, 2.05) is 45.9 Å². The number of nitrogens with zero attached hydrogens (tertiary/aromatic N) is 2. The van der Waals surface area contributed by atoms with Crippen LogP contribution >= 0.6 is 0 Å². The molecule has 1 aromatic carbocycles. The van der Waals surface area contributed by atoms with Crippen molar-refractivity contribution in [2.45, 2.75) is 77.5 Å². The maximum Gasteiger partial charge on any atom is 0.494 e. The summed E-state index contributed by atoms with van der Waals surface area (Å²) in [5.41, 5.74) is 1.99. The van der Waals surface area contributed by atoms with Crippen molar-refractivity contribution in [3.05, 3.63) is 24.0 Å². The number of H-pyrrole nitrogens is 1. The van der Waals surface area contributed by atoms with Gasteiger partial charge in [0, 0.05) is 6.54 Å². The highest BCUT2D eigenvalue weighted by atomic mass is 16.7. The van der Waals surface area contributed by atoms with Gasteiger partial charge in [-0.25, -0.2) is 9.78 Å². The molecule has 8 heteroatoms. The van der Waals surface area contributed by atoms with Gasteiger partial charge in [-0.1, -0.05) is 19.4 Å². The molecule has 0 saturated carbocycles. The maximum atomic E-state index is 12.5. The van der Waals surface area contributed by atoms with Crippen molar-refractivity contribution < 1.29 is 18.8 Å². The number of rotatable bonds is 5. The molecule has 1 N–H and O–H groups in total. The van der Waals surface area contributed by atoms with Crippen LogP contribution in [0.2, 0.25) is 0 Å². The Kier molecular flexibility index (Phi) is 5.57. The average Bonchev–Trinajstić information content (AvgIpc) is 3.37. The Morgan fingerprint density at radius 3 is 2.73 bits per heavy atom. The summed E-state index contributed by atoms with van der Waals surface area (Å²) < 4.78 is 17.8. The van der Waals surface area contributed by atoms with Gasteiger partial charge in [-0.05, 0) is 64.6 Å². The summed E-state index contributed by atoms with van der Waals surface area (Å²) in [4.78, 5) is 22.5. The zero-order valence-corrected chi connectivity index (χ0v) is 18.7. The molecule has 1 unspecified atom stereocenters. The first-order valence-electron chi connectivity index (χ1n) is 11.0. The SMILES string of the molecule is CCCCOC(=O)N1CCCC1c1nc2ccc(B3OC(C)(C)C(C)(C)O3)cc2[nH]1. The molecule has 2 fully saturated rings. The van der Waals surface area contributed by atoms with Crippen LogP contribution in [0.4, 0.5) is 4.79 Å². The van der Waals surface area contributed by atoms with Crippen LogP contribution in [0.25, 0.3) is 11.0 Å². The number of imidazole rings is 1. The summed E-state index contributed by atoms with van der Waals surface area (Å²) in [5, 5.41) is 0. The number of amides is 1. The standard InChI is InChI=1S/C22H32BN3O4/c1-6-7-13-28-20(27)26-12-8-9-18(26)19-24-16-11-10-15(14-17(16)25-19)23-29-21(2,3)22(4,5)30-23/h10-11,14,18H,6-9,12-13H2,1-5H3,(H,24,25). The number of likely N-dealkylation sites (tertiary alicyclic amines) is 1. The fourth-order valence-electron chi connectivity index (χ4n) is 3.99. The van der Waals surface area contributed by atoms with Gasteiger partial charge in [0.2, 0.25) is 0 Å². The van der Waals surface area contributed by atoms with E-state index < -0.39 is 7.12 Å². The van der Waals surface area contributed by atoms with Crippen LogP contribution < -0.4 is 5.46 Å². The van der Waals surface area contributed by atoms with Crippen molar-refractivity contribution in [3.8, 4) is 0 Å². The number of nitrogens with one attached hydrogen (secondary N) is 1. The molecule has 0 radical (unpaired) electrons. The molecule has 0 aliphatic carbocycles. The minimum atomic E-state index is -0.414. The predicted molar refractivity (Wildman–Crippen MR) is 117 cm³/mol. The van der Waals surface area contributed by atoms with Crippen LogP contribution in [0.1, 0.15) is 72.2 Å². The Hall–Kier alpha value is -2.06. The Morgan fingerprint density at radius 2 is 2.03 bits per heavy atom. The van der Waals surface area contributed by atoms with Crippen molar-refractivity contribution in [2.75, 3.05) is 13.2 Å². The van der Waals surface area contributed by atoms with E-state index in [1.54, 1.807) is 4.90 Å². The van der Waals surface area contributed by atoms with Crippen LogP contribution in [-0.4, -0.2) is 52.4 Å². The van der Waals surface area contributed by atoms with E-state index in [-0.39, 0.29) is 23.3 Å². The lowest BCUT2D eigenvalue weighted by Crippen LogP contribution is -2.41. The molecule has 3 heterocycles. The van der Waals surface area contributed by atoms with Crippen molar-refractivity contribution >= 4 is 29.7 Å². The van der Waals surface area contributed by atoms with E-state index in [1.165, 1.54) is 0 Å². The van der Waals surface area contributed by atoms with Crippen molar-refractivity contribution in [3.63, 3.8) is 0 Å². The maximum absolute atomic E-state index is 12.5. The van der Waals surface area contributed by atoms with Gasteiger partial charge in [-0.3, -0.25) is 4.90 Å². The van der Waals surface area contributed by atoms with Gasteiger partial charge in [-0.2, -0.15) is 0 Å². The van der Waals surface area contributed by atoms with E-state index >= 15 is 0 Å². The van der Waals surface area contributed by atoms with Gasteiger partial charge in [0.05, 0.1) is 34.9 Å². The van der Waals surface area contributed by atoms with Crippen molar-refractivity contribution in [1.82, 2.24) is 14.9 Å². The van der Waals surface area contributed by atoms with Crippen LogP contribution in [0.3, 0.4) is 0 Å². The fourth-order valence-corrected chi connectivity index (χ4v) is 3.99. The van der Waals surface area contributed by atoms with E-state index in [9.17, 15) is 4.79 Å². The van der Waals surface area contributed by atoms with Gasteiger partial charge in [0.1, 0.15) is 5.82 Å². The number of fused-ring (bicyclic) bond motifs is 1. The van der Waals surface area contributed by atoms with E-state index in [2.05, 4.69) is 11.9 Å². The molecule has 1 aromatic heterocycles. The first-order chi connectivity index (χ1) is 14.2. The Labute approximate surface area is 178 Å². The van der Waals surface area contributed by atoms with Crippen LogP contribution in [0.15, 0.2) is 18.2 Å². The smallest absolute Gasteiger partial charge is 0.449 e. The Morgan fingerprint density at radius 1 is 1.30 bits per heavy atom. The number of hydrogen-bond acceptors (Lipinski definition) is 5. The number of aromatic nitrogens is 2. The molecule has 2 saturated heterocycles. The second kappa shape index (κ2) is 7.89. The minimum Gasteiger partial charge on any atom is -0.449 e. The first kappa shape index (κ1) is 21.2. The largest absolute Gasteiger partial charge is 0.494 e. The number of aromatic amines is 1. The highest BCUT2D eigenvalue weighted by Crippen LogP contribution is 2.37. The predicted octanol–water partition coefficient (Wildman–Crippen LogP) is 3.94. The van der Waals surface area contributed by atoms with Gasteiger partial charge in [0.15, 0.2) is 0 Å². The van der Waals surface area contributed by atoms with Gasteiger partial charge in [-0.15, -0.1) is 0 Å². The molecule has 2 aliphatic heterocycles. The first-order valence-corrected chi connectivity index (χ1v) is 11.0. The van der Waals surface area contributed by atoms with Gasteiger partial charge >= 0.3 is 13.2 Å². The van der Waals surface area contributed by atoms with Gasteiger partial charge < -0.3 is 19.0 Å². The van der Waals surface area contributed by atoms with E-state index in [4.69, 9.17) is 19.0 Å². The third-order valence-corrected chi connectivity index (χ3v) is 6.58. The lowest BCUT2D eigenvalue weighted by molar-refractivity contribution is 0.00578. The molecule has 0 spiro atoms. The molecule has 2 aromatic rings. The quantitative estimate of drug-likeness (QED) is 0.594. The summed E-state index contributed by atoms with van der Waals surface area (Å²) in [6.45, 7) is 11.4. The molecule has 0 bridgehead atoms. The molecule has 7 nitrogen and oxygen atoms in total. The normalized spacial score (nSPS) is 22.8. The lowest BCUT2D eigenvalue weighted by Gasteiger charge is -2.32. The lowest BCUT2D eigenvalue weighted by atomic mass is 9.79. The third-order valence-electron chi connectivity index (χ3n) is 6.58. The molecular weight excluding hydrogens is 381 g/mol. The molecule has 162 valence electrons. The second-order valence-corrected chi connectivity index (χ2v) is 9.31. The highest BCUT2D eigenvalue weighted by molar-refractivity contribution is 6.62. The van der Waals surface area contributed by atoms with E-state index in [0.717, 1.165) is 48.0 Å². The van der Waals surface area contributed by atoms with Crippen LogP contribution in [0, 0.1) is 0 Å². The summed E-state index contributed by atoms with van der Waals surface area (Å²) >= 11 is 0. The van der Waals surface area contributed by atoms with E-state index in [0.29, 0.717) is 13.2 Å². The Bertz CT molecular complexity index is 910. The molecule has 1 atom stereocenters. The highest BCUT2D eigenvalue weighted by Gasteiger charge is 2.51. The fraction of sp³-hybridized carbons (Fsp3) is 0.636. The average molecular weight is 413 g/mol. The zero-order valence-electron chi connectivity index (χ0n) is 18.7. The van der Waals surface area contributed by atoms with Crippen LogP contribution in [0.5, 0.6) is 0 Å². The minimum absolute atomic E-state index is 0.0770. The monoisotopic (exact) mass is 413 g/mol. The molecule has 4 rings (SSSR count). The topological polar surface area (TPSA) is 76.7 Å². The number of ether oxygens (including phenoxy) is 1. The number of unbranched alkanes of at least 4 members (excludes halogenated alkanes) is 1. The summed E-state index contributed by atoms with van der Waals surface area (Å²) in [6, 6.07) is 5.94. The summed E-state index contributed by atoms with van der Waals surface area (Å²) in [6.07, 6.45) is 3.47. The van der Waals surface area contributed by atoms with Crippen molar-refractivity contribution in [1.29, 1.82) is 0 Å². The number of benzene rings is 1. The summed E-state index contributed by atoms with van der Waals surface area (Å²) in [7, 11) is -0.414. The van der Waals surface area contributed by atoms with Crippen molar-refractivity contribution in [2.24, 2.45) is 0 Å². The molecule has 30 heavy (non-hydrogen) atoms.